The first-order chi connectivity index (χ1) is 7.59. The predicted molar refractivity (Wildman–Crippen MR) is 71.7 cm³/mol. The molecule has 0 radical (unpaired) electrons. The first kappa shape index (κ1) is 12.0. The zero-order chi connectivity index (χ0) is 11.6. The van der Waals surface area contributed by atoms with Gasteiger partial charge in [-0.1, -0.05) is 38.5 Å². The molecular weight excluding hydrogens is 214 g/mol. The SMILES string of the molecule is CC1(C)CCCC(Sc2ccccc2)C1N. The van der Waals surface area contributed by atoms with Crippen molar-refractivity contribution in [2.45, 2.75) is 49.3 Å². The van der Waals surface area contributed by atoms with E-state index in [9.17, 15) is 0 Å². The monoisotopic (exact) mass is 235 g/mol. The van der Waals surface area contributed by atoms with Crippen LogP contribution >= 0.6 is 11.8 Å². The third-order valence-electron chi connectivity index (χ3n) is 3.64. The Morgan fingerprint density at radius 3 is 2.62 bits per heavy atom. The van der Waals surface area contributed by atoms with Gasteiger partial charge in [-0.15, -0.1) is 11.8 Å². The van der Waals surface area contributed by atoms with Crippen molar-refractivity contribution in [1.82, 2.24) is 0 Å². The highest BCUT2D eigenvalue weighted by Gasteiger charge is 2.36. The molecule has 88 valence electrons. The quantitative estimate of drug-likeness (QED) is 0.846. The first-order valence-electron chi connectivity index (χ1n) is 6.07. The Bertz CT molecular complexity index is 334. The summed E-state index contributed by atoms with van der Waals surface area (Å²) in [5.41, 5.74) is 6.68. The number of thioether (sulfide) groups is 1. The van der Waals surface area contributed by atoms with Crippen molar-refractivity contribution in [3.05, 3.63) is 30.3 Å². The lowest BCUT2D eigenvalue weighted by molar-refractivity contribution is 0.208. The Balaban J connectivity index is 2.05. The molecule has 0 aromatic heterocycles. The third kappa shape index (κ3) is 2.61. The first-order valence-corrected chi connectivity index (χ1v) is 6.95. The maximum absolute atomic E-state index is 6.38. The van der Waals surface area contributed by atoms with E-state index in [-0.39, 0.29) is 0 Å². The van der Waals surface area contributed by atoms with Crippen LogP contribution in [-0.4, -0.2) is 11.3 Å². The lowest BCUT2D eigenvalue weighted by atomic mass is 9.73. The van der Waals surface area contributed by atoms with Gasteiger partial charge in [-0.25, -0.2) is 0 Å². The summed E-state index contributed by atoms with van der Waals surface area (Å²) in [6.45, 7) is 4.60. The molecule has 0 aliphatic heterocycles. The highest BCUT2D eigenvalue weighted by atomic mass is 32.2. The molecule has 2 unspecified atom stereocenters. The van der Waals surface area contributed by atoms with Gasteiger partial charge in [-0.2, -0.15) is 0 Å². The van der Waals surface area contributed by atoms with Gasteiger partial charge in [0.25, 0.3) is 0 Å². The van der Waals surface area contributed by atoms with Crippen LogP contribution in [0, 0.1) is 5.41 Å². The van der Waals surface area contributed by atoms with Crippen molar-refractivity contribution in [2.75, 3.05) is 0 Å². The van der Waals surface area contributed by atoms with Crippen LogP contribution in [0.4, 0.5) is 0 Å². The van der Waals surface area contributed by atoms with Gasteiger partial charge in [0.2, 0.25) is 0 Å². The van der Waals surface area contributed by atoms with Gasteiger partial charge >= 0.3 is 0 Å². The molecule has 2 heteroatoms. The molecule has 2 atom stereocenters. The maximum Gasteiger partial charge on any atom is 0.0251 e. The minimum atomic E-state index is 0.296. The van der Waals surface area contributed by atoms with Crippen LogP contribution in [0.25, 0.3) is 0 Å². The van der Waals surface area contributed by atoms with Crippen LogP contribution in [-0.2, 0) is 0 Å². The fourth-order valence-corrected chi connectivity index (χ4v) is 3.88. The Labute approximate surface area is 103 Å². The summed E-state index contributed by atoms with van der Waals surface area (Å²) >= 11 is 1.95. The highest BCUT2D eigenvalue weighted by molar-refractivity contribution is 8.00. The van der Waals surface area contributed by atoms with Crippen molar-refractivity contribution in [3.63, 3.8) is 0 Å². The second kappa shape index (κ2) is 4.80. The molecule has 1 aromatic carbocycles. The second-order valence-corrected chi connectivity index (χ2v) is 6.69. The van der Waals surface area contributed by atoms with Gasteiger partial charge in [-0.3, -0.25) is 0 Å². The van der Waals surface area contributed by atoms with E-state index in [1.165, 1.54) is 24.2 Å². The highest BCUT2D eigenvalue weighted by Crippen LogP contribution is 2.41. The summed E-state index contributed by atoms with van der Waals surface area (Å²) in [6, 6.07) is 10.9. The van der Waals surface area contributed by atoms with E-state index >= 15 is 0 Å². The van der Waals surface area contributed by atoms with Crippen LogP contribution in [0.3, 0.4) is 0 Å². The fourth-order valence-electron chi connectivity index (χ4n) is 2.41. The standard InChI is InChI=1S/C14H21NS/c1-14(2)10-6-9-12(13(14)15)16-11-7-4-3-5-8-11/h3-5,7-8,12-13H,6,9-10,15H2,1-2H3. The predicted octanol–water partition coefficient (Wildman–Crippen LogP) is 3.68. The molecule has 0 spiro atoms. The summed E-state index contributed by atoms with van der Waals surface area (Å²) in [7, 11) is 0. The van der Waals surface area contributed by atoms with E-state index in [0.717, 1.165) is 0 Å². The molecule has 1 aromatic rings. The summed E-state index contributed by atoms with van der Waals surface area (Å²) in [5, 5.41) is 0.575. The van der Waals surface area contributed by atoms with Gasteiger partial charge in [0.1, 0.15) is 0 Å². The van der Waals surface area contributed by atoms with Crippen LogP contribution < -0.4 is 5.73 Å². The molecule has 16 heavy (non-hydrogen) atoms. The van der Waals surface area contributed by atoms with Crippen molar-refractivity contribution in [3.8, 4) is 0 Å². The Morgan fingerprint density at radius 1 is 1.25 bits per heavy atom. The van der Waals surface area contributed by atoms with Gasteiger partial charge < -0.3 is 5.73 Å². The lowest BCUT2D eigenvalue weighted by Gasteiger charge is -2.41. The molecule has 1 aliphatic rings. The Hall–Kier alpha value is -0.470. The molecule has 1 aliphatic carbocycles. The van der Waals surface area contributed by atoms with E-state index < -0.39 is 0 Å². The normalized spacial score (nSPS) is 28.9. The van der Waals surface area contributed by atoms with E-state index in [4.69, 9.17) is 5.73 Å². The van der Waals surface area contributed by atoms with E-state index in [0.29, 0.717) is 16.7 Å². The Morgan fingerprint density at radius 2 is 1.94 bits per heavy atom. The zero-order valence-electron chi connectivity index (χ0n) is 10.1. The van der Waals surface area contributed by atoms with E-state index in [1.54, 1.807) is 0 Å². The molecule has 1 fully saturated rings. The van der Waals surface area contributed by atoms with Gasteiger partial charge in [0, 0.05) is 16.2 Å². The van der Waals surface area contributed by atoms with E-state index in [1.807, 2.05) is 11.8 Å². The number of rotatable bonds is 2. The van der Waals surface area contributed by atoms with Crippen molar-refractivity contribution >= 4 is 11.8 Å². The molecule has 2 N–H and O–H groups in total. The summed E-state index contributed by atoms with van der Waals surface area (Å²) < 4.78 is 0. The van der Waals surface area contributed by atoms with Crippen molar-refractivity contribution in [2.24, 2.45) is 11.1 Å². The number of hydrogen-bond acceptors (Lipinski definition) is 2. The van der Waals surface area contributed by atoms with Gasteiger partial charge in [-0.05, 0) is 30.4 Å². The number of nitrogens with two attached hydrogens (primary N) is 1. The average Bonchev–Trinajstić information content (AvgIpc) is 2.26. The van der Waals surface area contributed by atoms with Crippen molar-refractivity contribution in [1.29, 1.82) is 0 Å². The molecule has 2 rings (SSSR count). The van der Waals surface area contributed by atoms with Crippen LogP contribution in [0.1, 0.15) is 33.1 Å². The van der Waals surface area contributed by atoms with E-state index in [2.05, 4.69) is 44.2 Å². The fraction of sp³-hybridized carbons (Fsp3) is 0.571. The molecule has 0 heterocycles. The average molecular weight is 235 g/mol. The minimum absolute atomic E-state index is 0.296. The van der Waals surface area contributed by atoms with Crippen LogP contribution in [0.15, 0.2) is 35.2 Å². The number of benzene rings is 1. The topological polar surface area (TPSA) is 26.0 Å². The second-order valence-electron chi connectivity index (χ2n) is 5.38. The van der Waals surface area contributed by atoms with Crippen LogP contribution in [0.2, 0.25) is 0 Å². The molecular formula is C14H21NS. The minimum Gasteiger partial charge on any atom is -0.326 e. The maximum atomic E-state index is 6.38. The summed E-state index contributed by atoms with van der Waals surface area (Å²) in [6.07, 6.45) is 3.83. The largest absolute Gasteiger partial charge is 0.326 e. The van der Waals surface area contributed by atoms with Gasteiger partial charge in [0.05, 0.1) is 0 Å². The third-order valence-corrected chi connectivity index (χ3v) is 5.02. The lowest BCUT2D eigenvalue weighted by Crippen LogP contribution is -2.48. The smallest absolute Gasteiger partial charge is 0.0251 e. The Kier molecular flexibility index (Phi) is 3.60. The molecule has 0 bridgehead atoms. The van der Waals surface area contributed by atoms with Gasteiger partial charge in [0.15, 0.2) is 0 Å². The van der Waals surface area contributed by atoms with Crippen LogP contribution in [0.5, 0.6) is 0 Å². The molecule has 1 nitrogen and oxygen atoms in total. The summed E-state index contributed by atoms with van der Waals surface area (Å²) in [5.74, 6) is 0. The summed E-state index contributed by atoms with van der Waals surface area (Å²) in [4.78, 5) is 1.35. The molecule has 1 saturated carbocycles. The molecule has 0 amide bonds. The van der Waals surface area contributed by atoms with Crippen molar-refractivity contribution < 1.29 is 0 Å². The number of hydrogen-bond donors (Lipinski definition) is 1. The zero-order valence-corrected chi connectivity index (χ0v) is 11.0. The molecule has 0 saturated heterocycles.